The maximum atomic E-state index is 12.7. The number of fused-ring (bicyclic) bond motifs is 1. The van der Waals surface area contributed by atoms with Crippen LogP contribution in [0.5, 0.6) is 0 Å². The predicted molar refractivity (Wildman–Crippen MR) is 101 cm³/mol. The van der Waals surface area contributed by atoms with Gasteiger partial charge in [-0.2, -0.15) is 18.2 Å². The highest BCUT2D eigenvalue weighted by atomic mass is 19.4. The molecule has 1 aromatic heterocycles. The third-order valence-electron chi connectivity index (χ3n) is 5.90. The van der Waals surface area contributed by atoms with Crippen molar-refractivity contribution in [2.45, 2.75) is 37.4 Å². The molecule has 1 aliphatic carbocycles. The lowest BCUT2D eigenvalue weighted by atomic mass is 10.1. The van der Waals surface area contributed by atoms with Gasteiger partial charge in [0.2, 0.25) is 17.6 Å². The van der Waals surface area contributed by atoms with Gasteiger partial charge in [0.25, 0.3) is 0 Å². The van der Waals surface area contributed by atoms with Crippen LogP contribution in [0.25, 0.3) is 11.4 Å². The molecule has 1 aliphatic heterocycles. The third kappa shape index (κ3) is 3.26. The smallest absolute Gasteiger partial charge is 0.339 e. The summed E-state index contributed by atoms with van der Waals surface area (Å²) < 4.78 is 43.6. The number of nitrogens with zero attached hydrogens (tertiary/aromatic N) is 3. The van der Waals surface area contributed by atoms with Gasteiger partial charge in [0, 0.05) is 18.5 Å². The molecule has 0 bridgehead atoms. The molecule has 2 heterocycles. The fourth-order valence-corrected chi connectivity index (χ4v) is 4.38. The first kappa shape index (κ1) is 18.8. The molecule has 1 saturated heterocycles. The average Bonchev–Trinajstić information content (AvgIpc) is 3.45. The van der Waals surface area contributed by atoms with Crippen molar-refractivity contribution in [2.24, 2.45) is 0 Å². The number of alkyl halides is 3. The Kier molecular flexibility index (Phi) is 4.38. The lowest BCUT2D eigenvalue weighted by Crippen LogP contribution is -2.28. The van der Waals surface area contributed by atoms with Gasteiger partial charge in [-0.05, 0) is 36.1 Å². The fourth-order valence-electron chi connectivity index (χ4n) is 4.38. The summed E-state index contributed by atoms with van der Waals surface area (Å²) in [5, 5.41) is 3.91. The first-order valence-corrected chi connectivity index (χ1v) is 9.78. The molecule has 5 rings (SSSR count). The van der Waals surface area contributed by atoms with Crippen molar-refractivity contribution < 1.29 is 22.5 Å². The second kappa shape index (κ2) is 6.97. The van der Waals surface area contributed by atoms with Crippen molar-refractivity contribution in [1.82, 2.24) is 15.0 Å². The number of benzene rings is 2. The Morgan fingerprint density at radius 1 is 1.07 bits per heavy atom. The fraction of sp³-hybridized carbons (Fsp3) is 0.318. The van der Waals surface area contributed by atoms with E-state index in [1.807, 2.05) is 17.0 Å². The molecule has 5 nitrogen and oxygen atoms in total. The largest absolute Gasteiger partial charge is 0.416 e. The van der Waals surface area contributed by atoms with E-state index in [0.717, 1.165) is 25.0 Å². The van der Waals surface area contributed by atoms with E-state index in [2.05, 4.69) is 22.3 Å². The molecule has 0 saturated carbocycles. The summed E-state index contributed by atoms with van der Waals surface area (Å²) in [4.78, 5) is 18.9. The van der Waals surface area contributed by atoms with E-state index >= 15 is 0 Å². The number of aromatic nitrogens is 2. The molecule has 2 aliphatic rings. The summed E-state index contributed by atoms with van der Waals surface area (Å²) in [5.74, 6) is 0.389. The highest BCUT2D eigenvalue weighted by Crippen LogP contribution is 2.41. The highest BCUT2D eigenvalue weighted by Gasteiger charge is 2.40. The van der Waals surface area contributed by atoms with E-state index in [9.17, 15) is 18.0 Å². The van der Waals surface area contributed by atoms with Crippen molar-refractivity contribution >= 4 is 5.91 Å². The maximum Gasteiger partial charge on any atom is 0.416 e. The monoisotopic (exact) mass is 413 g/mol. The number of hydrogen-bond donors (Lipinski definition) is 0. The minimum Gasteiger partial charge on any atom is -0.339 e. The zero-order valence-electron chi connectivity index (χ0n) is 15.9. The van der Waals surface area contributed by atoms with Gasteiger partial charge in [0.1, 0.15) is 0 Å². The van der Waals surface area contributed by atoms with Crippen molar-refractivity contribution in [2.75, 3.05) is 6.54 Å². The topological polar surface area (TPSA) is 59.2 Å². The van der Waals surface area contributed by atoms with Gasteiger partial charge in [-0.15, -0.1) is 0 Å². The lowest BCUT2D eigenvalue weighted by Gasteiger charge is -2.25. The van der Waals surface area contributed by atoms with Gasteiger partial charge in [-0.25, -0.2) is 0 Å². The summed E-state index contributed by atoms with van der Waals surface area (Å²) >= 11 is 0. The second-order valence-electron chi connectivity index (χ2n) is 7.73. The molecule has 0 N–H and O–H groups in total. The standard InChI is InChI=1S/C22H18F3N3O2/c23-22(24,25)16-8-5-14(6-9-16)20-26-21(30-27-20)15-11-19(29)28(12-15)18-10-7-13-3-1-2-4-17(13)18/h1-6,8-9,15,18H,7,10-12H2. The van der Waals surface area contributed by atoms with Crippen LogP contribution in [0.2, 0.25) is 0 Å². The van der Waals surface area contributed by atoms with E-state index in [0.29, 0.717) is 18.0 Å². The Hall–Kier alpha value is -3.16. The minimum absolute atomic E-state index is 0.0518. The molecule has 2 aromatic carbocycles. The Labute approximate surface area is 170 Å². The van der Waals surface area contributed by atoms with Crippen LogP contribution in [0.4, 0.5) is 13.2 Å². The van der Waals surface area contributed by atoms with Crippen LogP contribution < -0.4 is 0 Å². The first-order chi connectivity index (χ1) is 14.4. The van der Waals surface area contributed by atoms with Crippen molar-refractivity contribution in [3.63, 3.8) is 0 Å². The van der Waals surface area contributed by atoms with Gasteiger partial charge in [0.15, 0.2) is 0 Å². The average molecular weight is 413 g/mol. The number of hydrogen-bond acceptors (Lipinski definition) is 4. The molecule has 2 unspecified atom stereocenters. The number of amides is 1. The molecule has 0 radical (unpaired) electrons. The van der Waals surface area contributed by atoms with Gasteiger partial charge >= 0.3 is 6.18 Å². The Morgan fingerprint density at radius 2 is 1.83 bits per heavy atom. The maximum absolute atomic E-state index is 12.7. The van der Waals surface area contributed by atoms with Crippen LogP contribution in [-0.2, 0) is 17.4 Å². The number of aryl methyl sites for hydroxylation is 1. The molecule has 3 aromatic rings. The van der Waals surface area contributed by atoms with E-state index in [-0.39, 0.29) is 30.1 Å². The zero-order chi connectivity index (χ0) is 20.9. The van der Waals surface area contributed by atoms with E-state index in [1.165, 1.54) is 23.3 Å². The lowest BCUT2D eigenvalue weighted by molar-refractivity contribution is -0.137. The molecular formula is C22H18F3N3O2. The summed E-state index contributed by atoms with van der Waals surface area (Å²) in [7, 11) is 0. The summed E-state index contributed by atoms with van der Waals surface area (Å²) in [6.07, 6.45) is -2.26. The normalized spacial score (nSPS) is 21.3. The van der Waals surface area contributed by atoms with E-state index < -0.39 is 11.7 Å². The van der Waals surface area contributed by atoms with E-state index in [4.69, 9.17) is 4.52 Å². The van der Waals surface area contributed by atoms with Crippen LogP contribution in [-0.4, -0.2) is 27.5 Å². The Morgan fingerprint density at radius 3 is 2.60 bits per heavy atom. The van der Waals surface area contributed by atoms with Gasteiger partial charge in [0.05, 0.1) is 17.5 Å². The molecule has 154 valence electrons. The Balaban J connectivity index is 1.33. The molecule has 2 atom stereocenters. The number of halogens is 3. The molecular weight excluding hydrogens is 395 g/mol. The second-order valence-corrected chi connectivity index (χ2v) is 7.73. The summed E-state index contributed by atoms with van der Waals surface area (Å²) in [6, 6.07) is 12.9. The van der Waals surface area contributed by atoms with Crippen molar-refractivity contribution in [3.05, 3.63) is 71.1 Å². The van der Waals surface area contributed by atoms with Crippen molar-refractivity contribution in [1.29, 1.82) is 0 Å². The van der Waals surface area contributed by atoms with Crippen LogP contribution in [0.3, 0.4) is 0 Å². The minimum atomic E-state index is -4.40. The number of rotatable bonds is 3. The SMILES string of the molecule is O=C1CC(c2nc(-c3ccc(C(F)(F)F)cc3)no2)CN1C1CCc2ccccc21. The van der Waals surface area contributed by atoms with Crippen LogP contribution in [0, 0.1) is 0 Å². The Bertz CT molecular complexity index is 1090. The summed E-state index contributed by atoms with van der Waals surface area (Å²) in [5.41, 5.74) is 2.18. The highest BCUT2D eigenvalue weighted by molar-refractivity contribution is 5.80. The first-order valence-electron chi connectivity index (χ1n) is 9.78. The zero-order valence-corrected chi connectivity index (χ0v) is 15.9. The number of likely N-dealkylation sites (tertiary alicyclic amines) is 1. The predicted octanol–water partition coefficient (Wildman–Crippen LogP) is 4.76. The van der Waals surface area contributed by atoms with Crippen molar-refractivity contribution in [3.8, 4) is 11.4 Å². The molecule has 1 amide bonds. The van der Waals surface area contributed by atoms with E-state index in [1.54, 1.807) is 0 Å². The van der Waals surface area contributed by atoms with Crippen LogP contribution in [0.1, 0.15) is 47.4 Å². The molecule has 0 spiro atoms. The number of carbonyl (C=O) groups excluding carboxylic acids is 1. The van der Waals surface area contributed by atoms with Crippen LogP contribution >= 0.6 is 0 Å². The third-order valence-corrected chi connectivity index (χ3v) is 5.90. The quantitative estimate of drug-likeness (QED) is 0.621. The van der Waals surface area contributed by atoms with Crippen LogP contribution in [0.15, 0.2) is 53.1 Å². The van der Waals surface area contributed by atoms with Gasteiger partial charge in [-0.3, -0.25) is 4.79 Å². The van der Waals surface area contributed by atoms with Gasteiger partial charge < -0.3 is 9.42 Å². The summed E-state index contributed by atoms with van der Waals surface area (Å²) in [6.45, 7) is 0.493. The molecule has 8 heteroatoms. The molecule has 1 fully saturated rings. The molecule has 30 heavy (non-hydrogen) atoms. The van der Waals surface area contributed by atoms with Gasteiger partial charge in [-0.1, -0.05) is 41.6 Å². The number of carbonyl (C=O) groups is 1.